The molecule has 3 N–H and O–H groups in total. The number of hydrogen-bond acceptors (Lipinski definition) is 4. The molecular formula is C14H25N3O3S. The fourth-order valence-corrected chi connectivity index (χ4v) is 2.60. The fourth-order valence-electron chi connectivity index (χ4n) is 2.31. The van der Waals surface area contributed by atoms with Gasteiger partial charge in [0.1, 0.15) is 5.41 Å². The average molecular weight is 315 g/mol. The third-order valence-corrected chi connectivity index (χ3v) is 4.05. The van der Waals surface area contributed by atoms with Gasteiger partial charge in [-0.05, 0) is 18.8 Å². The molecule has 7 heteroatoms. The Morgan fingerprint density at radius 3 is 2.43 bits per heavy atom. The zero-order chi connectivity index (χ0) is 16.0. The molecule has 1 saturated heterocycles. The highest BCUT2D eigenvalue weighted by Crippen LogP contribution is 2.32. The van der Waals surface area contributed by atoms with Gasteiger partial charge in [-0.25, -0.2) is 0 Å². The normalized spacial score (nSPS) is 17.3. The molecule has 0 saturated carbocycles. The van der Waals surface area contributed by atoms with Crippen LogP contribution in [0.3, 0.4) is 0 Å². The summed E-state index contributed by atoms with van der Waals surface area (Å²) in [4.78, 5) is 26.1. The number of carbonyl (C=O) groups is 2. The third-order valence-electron chi connectivity index (χ3n) is 3.66. The summed E-state index contributed by atoms with van der Waals surface area (Å²) in [6.45, 7) is 5.54. The van der Waals surface area contributed by atoms with E-state index in [4.69, 9.17) is 22.7 Å². The molecule has 0 unspecified atom stereocenters. The lowest BCUT2D eigenvalue weighted by Gasteiger charge is -2.37. The molecule has 120 valence electrons. The number of ether oxygens (including phenoxy) is 1. The van der Waals surface area contributed by atoms with Gasteiger partial charge in [-0.2, -0.15) is 0 Å². The first-order valence-electron chi connectivity index (χ1n) is 7.19. The van der Waals surface area contributed by atoms with Gasteiger partial charge in [0, 0.05) is 26.8 Å². The highest BCUT2D eigenvalue weighted by molar-refractivity contribution is 7.80. The van der Waals surface area contributed by atoms with Crippen LogP contribution in [0.1, 0.15) is 26.7 Å². The summed E-state index contributed by atoms with van der Waals surface area (Å²) in [5.41, 5.74) is 4.92. The van der Waals surface area contributed by atoms with Crippen LogP contribution in [0.4, 0.5) is 0 Å². The number of amides is 2. The van der Waals surface area contributed by atoms with Gasteiger partial charge in [-0.15, -0.1) is 0 Å². The first-order chi connectivity index (χ1) is 9.79. The van der Waals surface area contributed by atoms with Crippen molar-refractivity contribution < 1.29 is 14.3 Å². The van der Waals surface area contributed by atoms with E-state index in [2.05, 4.69) is 5.32 Å². The second-order valence-electron chi connectivity index (χ2n) is 5.92. The van der Waals surface area contributed by atoms with Crippen LogP contribution in [0.15, 0.2) is 0 Å². The first kappa shape index (κ1) is 17.8. The van der Waals surface area contributed by atoms with E-state index in [1.165, 1.54) is 4.90 Å². The van der Waals surface area contributed by atoms with Gasteiger partial charge in [0.05, 0.1) is 11.5 Å². The largest absolute Gasteiger partial charge is 0.392 e. The molecular weight excluding hydrogens is 290 g/mol. The van der Waals surface area contributed by atoms with Crippen molar-refractivity contribution in [2.75, 3.05) is 33.4 Å². The Bertz CT molecular complexity index is 406. The van der Waals surface area contributed by atoms with E-state index in [-0.39, 0.29) is 23.3 Å². The summed E-state index contributed by atoms with van der Waals surface area (Å²) in [5, 5.41) is 2.79. The van der Waals surface area contributed by atoms with E-state index >= 15 is 0 Å². The number of nitrogens with zero attached hydrogens (tertiary/aromatic N) is 1. The van der Waals surface area contributed by atoms with Crippen molar-refractivity contribution in [3.63, 3.8) is 0 Å². The number of rotatable bonds is 6. The van der Waals surface area contributed by atoms with Gasteiger partial charge in [-0.1, -0.05) is 26.1 Å². The van der Waals surface area contributed by atoms with E-state index in [1.807, 2.05) is 13.8 Å². The zero-order valence-electron chi connectivity index (χ0n) is 13.0. The van der Waals surface area contributed by atoms with Crippen LogP contribution in [0, 0.1) is 11.3 Å². The quantitative estimate of drug-likeness (QED) is 0.689. The lowest BCUT2D eigenvalue weighted by molar-refractivity contribution is -0.143. The van der Waals surface area contributed by atoms with Crippen molar-refractivity contribution in [3.05, 3.63) is 0 Å². The Balaban J connectivity index is 2.66. The van der Waals surface area contributed by atoms with Gasteiger partial charge in [-0.3, -0.25) is 9.59 Å². The van der Waals surface area contributed by atoms with Gasteiger partial charge < -0.3 is 20.7 Å². The van der Waals surface area contributed by atoms with E-state index in [0.717, 1.165) is 0 Å². The Labute approximate surface area is 131 Å². The Hall–Kier alpha value is -1.21. The van der Waals surface area contributed by atoms with Crippen molar-refractivity contribution in [2.24, 2.45) is 17.1 Å². The molecule has 1 rings (SSSR count). The Morgan fingerprint density at radius 2 is 1.95 bits per heavy atom. The van der Waals surface area contributed by atoms with Crippen LogP contribution in [0.5, 0.6) is 0 Å². The average Bonchev–Trinajstić information content (AvgIpc) is 2.44. The van der Waals surface area contributed by atoms with Gasteiger partial charge >= 0.3 is 0 Å². The summed E-state index contributed by atoms with van der Waals surface area (Å²) < 4.78 is 5.29. The maximum atomic E-state index is 12.7. The van der Waals surface area contributed by atoms with E-state index in [9.17, 15) is 9.59 Å². The maximum Gasteiger partial charge on any atom is 0.239 e. The molecule has 0 aromatic carbocycles. The molecule has 0 aliphatic carbocycles. The number of nitrogens with one attached hydrogen (secondary N) is 1. The van der Waals surface area contributed by atoms with Crippen LogP contribution >= 0.6 is 12.2 Å². The number of likely N-dealkylation sites (N-methyl/N-ethyl adjacent to an activating group) is 1. The number of hydrogen-bond donors (Lipinski definition) is 2. The molecule has 21 heavy (non-hydrogen) atoms. The summed E-state index contributed by atoms with van der Waals surface area (Å²) >= 11 is 5.10. The minimum atomic E-state index is -0.874. The molecule has 1 fully saturated rings. The van der Waals surface area contributed by atoms with E-state index in [0.29, 0.717) is 38.5 Å². The number of carbonyl (C=O) groups excluding carboxylic acids is 2. The molecule has 6 nitrogen and oxygen atoms in total. The van der Waals surface area contributed by atoms with E-state index in [1.54, 1.807) is 7.05 Å². The van der Waals surface area contributed by atoms with Crippen LogP contribution in [0.25, 0.3) is 0 Å². The molecule has 0 bridgehead atoms. The monoisotopic (exact) mass is 315 g/mol. The van der Waals surface area contributed by atoms with Crippen LogP contribution in [-0.4, -0.2) is 55.1 Å². The van der Waals surface area contributed by atoms with Crippen molar-refractivity contribution in [3.8, 4) is 0 Å². The fraction of sp³-hybridized carbons (Fsp3) is 0.786. The molecule has 1 aliphatic rings. The second kappa shape index (κ2) is 7.70. The minimum Gasteiger partial charge on any atom is -0.392 e. The molecule has 1 aliphatic heterocycles. The van der Waals surface area contributed by atoms with Gasteiger partial charge in [0.2, 0.25) is 11.8 Å². The van der Waals surface area contributed by atoms with Crippen molar-refractivity contribution >= 4 is 29.0 Å². The zero-order valence-corrected chi connectivity index (χ0v) is 13.8. The Kier molecular flexibility index (Phi) is 6.54. The summed E-state index contributed by atoms with van der Waals surface area (Å²) in [6.07, 6.45) is 0.943. The molecule has 1 heterocycles. The molecule has 2 amide bonds. The summed E-state index contributed by atoms with van der Waals surface area (Å²) in [7, 11) is 1.60. The number of nitrogens with two attached hydrogens (primary N) is 1. The lowest BCUT2D eigenvalue weighted by atomic mass is 9.78. The van der Waals surface area contributed by atoms with Gasteiger partial charge in [0.25, 0.3) is 0 Å². The highest BCUT2D eigenvalue weighted by atomic mass is 32.1. The Morgan fingerprint density at radius 1 is 1.38 bits per heavy atom. The van der Waals surface area contributed by atoms with Crippen LogP contribution < -0.4 is 11.1 Å². The van der Waals surface area contributed by atoms with Crippen molar-refractivity contribution in [2.45, 2.75) is 26.7 Å². The van der Waals surface area contributed by atoms with Crippen LogP contribution in [0.2, 0.25) is 0 Å². The maximum absolute atomic E-state index is 12.7. The molecule has 0 spiro atoms. The second-order valence-corrected chi connectivity index (χ2v) is 6.36. The van der Waals surface area contributed by atoms with E-state index < -0.39 is 5.41 Å². The molecule has 0 aromatic heterocycles. The van der Waals surface area contributed by atoms with Gasteiger partial charge in [0.15, 0.2) is 0 Å². The number of thiocarbonyl (C=S) groups is 1. The SMILES string of the molecule is CC(C)CNC(=O)CN(C)C(=O)C1(C(N)=S)CCOCC1. The van der Waals surface area contributed by atoms with Crippen molar-refractivity contribution in [1.29, 1.82) is 0 Å². The molecule has 0 atom stereocenters. The molecule has 0 aromatic rings. The third kappa shape index (κ3) is 4.64. The topological polar surface area (TPSA) is 84.7 Å². The van der Waals surface area contributed by atoms with Crippen LogP contribution in [-0.2, 0) is 14.3 Å². The highest BCUT2D eigenvalue weighted by Gasteiger charge is 2.44. The smallest absolute Gasteiger partial charge is 0.239 e. The summed E-state index contributed by atoms with van der Waals surface area (Å²) in [6, 6.07) is 0. The lowest BCUT2D eigenvalue weighted by Crippen LogP contribution is -2.54. The summed E-state index contributed by atoms with van der Waals surface area (Å²) in [5.74, 6) is -0.00360. The van der Waals surface area contributed by atoms with Crippen molar-refractivity contribution in [1.82, 2.24) is 10.2 Å². The standard InChI is InChI=1S/C14H25N3O3S/c1-10(2)8-16-11(18)9-17(3)13(19)14(12(15)21)4-6-20-7-5-14/h10H,4-9H2,1-3H3,(H2,15,21)(H,16,18). The first-order valence-corrected chi connectivity index (χ1v) is 7.60. The minimum absolute atomic E-state index is 0.0107. The predicted octanol–water partition coefficient (Wildman–Crippen LogP) is 0.300. The molecule has 0 radical (unpaired) electrons. The predicted molar refractivity (Wildman–Crippen MR) is 84.8 cm³/mol.